The van der Waals surface area contributed by atoms with Crippen molar-refractivity contribution in [1.82, 2.24) is 14.5 Å². The van der Waals surface area contributed by atoms with Gasteiger partial charge in [-0.1, -0.05) is 41.9 Å². The number of pyridine rings is 1. The monoisotopic (exact) mass is 466 g/mol. The summed E-state index contributed by atoms with van der Waals surface area (Å²) in [6, 6.07) is 19.9. The first-order valence-corrected chi connectivity index (χ1v) is 10.8. The summed E-state index contributed by atoms with van der Waals surface area (Å²) in [6.07, 6.45) is 3.65. The number of halogens is 2. The molecule has 0 saturated carbocycles. The Bertz CT molecular complexity index is 1230. The van der Waals surface area contributed by atoms with Gasteiger partial charge in [-0.3, -0.25) is 9.78 Å². The van der Waals surface area contributed by atoms with Crippen LogP contribution >= 0.6 is 24.0 Å². The largest absolute Gasteiger partial charge is 0.367 e. The predicted octanol–water partition coefficient (Wildman–Crippen LogP) is 5.28. The summed E-state index contributed by atoms with van der Waals surface area (Å²) in [5.41, 5.74) is 4.77. The second-order valence-corrected chi connectivity index (χ2v) is 8.24. The van der Waals surface area contributed by atoms with Gasteiger partial charge in [0.25, 0.3) is 5.91 Å². The predicted molar refractivity (Wildman–Crippen MR) is 133 cm³/mol. The first-order chi connectivity index (χ1) is 15.1. The number of benzene rings is 2. The van der Waals surface area contributed by atoms with Crippen molar-refractivity contribution in [3.05, 3.63) is 83.6 Å². The zero-order valence-electron chi connectivity index (χ0n) is 17.7. The number of rotatable bonds is 3. The Labute approximate surface area is 198 Å². The van der Waals surface area contributed by atoms with E-state index in [0.29, 0.717) is 18.1 Å². The van der Waals surface area contributed by atoms with Gasteiger partial charge >= 0.3 is 0 Å². The Morgan fingerprint density at radius 3 is 2.41 bits per heavy atom. The number of carbonyl (C=O) groups is 1. The van der Waals surface area contributed by atoms with Crippen LogP contribution in [-0.4, -0.2) is 46.5 Å². The number of hydrogen-bond donors (Lipinski definition) is 0. The van der Waals surface area contributed by atoms with E-state index in [1.165, 1.54) is 0 Å². The summed E-state index contributed by atoms with van der Waals surface area (Å²) in [4.78, 5) is 22.3. The molecule has 0 unspecified atom stereocenters. The molecular formula is C25H24Cl2N4O. The maximum absolute atomic E-state index is 13.8. The van der Waals surface area contributed by atoms with Crippen LogP contribution in [0.25, 0.3) is 22.2 Å². The molecule has 5 nitrogen and oxygen atoms in total. The van der Waals surface area contributed by atoms with Gasteiger partial charge in [0.15, 0.2) is 0 Å². The van der Waals surface area contributed by atoms with Crippen molar-refractivity contribution in [3.63, 3.8) is 0 Å². The van der Waals surface area contributed by atoms with E-state index in [1.54, 1.807) is 6.20 Å². The molecular weight excluding hydrogens is 443 g/mol. The average Bonchev–Trinajstić information content (AvgIpc) is 3.11. The van der Waals surface area contributed by atoms with Crippen LogP contribution in [-0.2, 0) is 7.05 Å². The second kappa shape index (κ2) is 9.23. The fourth-order valence-corrected chi connectivity index (χ4v) is 4.61. The molecule has 7 heteroatoms. The molecule has 1 aliphatic rings. The van der Waals surface area contributed by atoms with Crippen LogP contribution in [0.15, 0.2) is 73.1 Å². The lowest BCUT2D eigenvalue weighted by Gasteiger charge is -2.36. The standard InChI is InChI=1S/C25H23ClN4O.ClH/c1-28-22-10-9-19(26)16-21(22)23(24(28)18-6-3-2-4-7-18)25(31)30-14-12-29(13-15-30)20-8-5-11-27-17-20;/h2-11,16-17H,12-15H2,1H3;1H. The maximum atomic E-state index is 13.8. The normalized spacial score (nSPS) is 13.8. The first kappa shape index (κ1) is 22.2. The van der Waals surface area contributed by atoms with E-state index in [9.17, 15) is 4.79 Å². The molecule has 1 saturated heterocycles. The second-order valence-electron chi connectivity index (χ2n) is 7.80. The fourth-order valence-electron chi connectivity index (χ4n) is 4.43. The molecule has 164 valence electrons. The van der Waals surface area contributed by atoms with E-state index < -0.39 is 0 Å². The molecule has 0 N–H and O–H groups in total. The number of piperazine rings is 1. The van der Waals surface area contributed by atoms with E-state index in [4.69, 9.17) is 11.6 Å². The van der Waals surface area contributed by atoms with E-state index in [2.05, 4.69) is 20.5 Å². The van der Waals surface area contributed by atoms with E-state index in [0.717, 1.165) is 46.5 Å². The Morgan fingerprint density at radius 2 is 1.72 bits per heavy atom. The Balaban J connectivity index is 0.00000245. The van der Waals surface area contributed by atoms with Crippen molar-refractivity contribution in [3.8, 4) is 11.3 Å². The average molecular weight is 467 g/mol. The number of aryl methyl sites for hydroxylation is 1. The molecule has 3 heterocycles. The number of fused-ring (bicyclic) bond motifs is 1. The number of carbonyl (C=O) groups excluding carboxylic acids is 1. The summed E-state index contributed by atoms with van der Waals surface area (Å²) >= 11 is 6.33. The highest BCUT2D eigenvalue weighted by atomic mass is 35.5. The van der Waals surface area contributed by atoms with Gasteiger partial charge in [0.2, 0.25) is 0 Å². The van der Waals surface area contributed by atoms with Gasteiger partial charge in [-0.2, -0.15) is 0 Å². The third-order valence-electron chi connectivity index (χ3n) is 6.00. The van der Waals surface area contributed by atoms with Gasteiger partial charge < -0.3 is 14.4 Å². The number of aromatic nitrogens is 2. The van der Waals surface area contributed by atoms with Crippen LogP contribution in [0.1, 0.15) is 10.4 Å². The smallest absolute Gasteiger partial charge is 0.256 e. The highest BCUT2D eigenvalue weighted by Gasteiger charge is 2.28. The van der Waals surface area contributed by atoms with Crippen LogP contribution in [0, 0.1) is 0 Å². The number of nitrogens with zero attached hydrogens (tertiary/aromatic N) is 4. The molecule has 2 aromatic carbocycles. The van der Waals surface area contributed by atoms with Crippen molar-refractivity contribution >= 4 is 46.5 Å². The molecule has 0 radical (unpaired) electrons. The van der Waals surface area contributed by atoms with Crippen molar-refractivity contribution in [2.75, 3.05) is 31.1 Å². The Hall–Kier alpha value is -3.02. The summed E-state index contributed by atoms with van der Waals surface area (Å²) in [6.45, 7) is 2.89. The van der Waals surface area contributed by atoms with E-state index in [-0.39, 0.29) is 18.3 Å². The summed E-state index contributed by atoms with van der Waals surface area (Å²) in [5, 5.41) is 1.53. The van der Waals surface area contributed by atoms with E-state index >= 15 is 0 Å². The molecule has 5 rings (SSSR count). The van der Waals surface area contributed by atoms with Gasteiger partial charge in [-0.05, 0) is 35.9 Å². The molecule has 1 aliphatic heterocycles. The van der Waals surface area contributed by atoms with Gasteiger partial charge in [-0.15, -0.1) is 12.4 Å². The van der Waals surface area contributed by atoms with Crippen molar-refractivity contribution < 1.29 is 4.79 Å². The molecule has 0 aliphatic carbocycles. The van der Waals surface area contributed by atoms with Gasteiger partial charge in [-0.25, -0.2) is 0 Å². The van der Waals surface area contributed by atoms with Gasteiger partial charge in [0.1, 0.15) is 0 Å². The maximum Gasteiger partial charge on any atom is 0.256 e. The quantitative estimate of drug-likeness (QED) is 0.412. The minimum Gasteiger partial charge on any atom is -0.367 e. The van der Waals surface area contributed by atoms with Crippen molar-refractivity contribution in [1.29, 1.82) is 0 Å². The summed E-state index contributed by atoms with van der Waals surface area (Å²) in [7, 11) is 2.01. The molecule has 1 amide bonds. The van der Waals surface area contributed by atoms with Crippen molar-refractivity contribution in [2.24, 2.45) is 7.05 Å². The highest BCUT2D eigenvalue weighted by Crippen LogP contribution is 2.35. The molecule has 0 spiro atoms. The van der Waals surface area contributed by atoms with Gasteiger partial charge in [0.05, 0.1) is 23.1 Å². The molecule has 1 fully saturated rings. The molecule has 0 bridgehead atoms. The van der Waals surface area contributed by atoms with E-state index in [1.807, 2.05) is 72.7 Å². The lowest BCUT2D eigenvalue weighted by atomic mass is 10.0. The summed E-state index contributed by atoms with van der Waals surface area (Å²) < 4.78 is 2.10. The molecule has 0 atom stereocenters. The molecule has 32 heavy (non-hydrogen) atoms. The number of amides is 1. The lowest BCUT2D eigenvalue weighted by molar-refractivity contribution is 0.0749. The van der Waals surface area contributed by atoms with Crippen molar-refractivity contribution in [2.45, 2.75) is 0 Å². The minimum absolute atomic E-state index is 0. The topological polar surface area (TPSA) is 41.4 Å². The number of hydrogen-bond acceptors (Lipinski definition) is 3. The highest BCUT2D eigenvalue weighted by molar-refractivity contribution is 6.31. The fraction of sp³-hybridized carbons (Fsp3) is 0.200. The summed E-state index contributed by atoms with van der Waals surface area (Å²) in [5.74, 6) is 0.0533. The van der Waals surface area contributed by atoms with Crippen LogP contribution in [0.3, 0.4) is 0 Å². The Kier molecular flexibility index (Phi) is 6.40. The zero-order chi connectivity index (χ0) is 21.4. The van der Waals surface area contributed by atoms with Crippen LogP contribution in [0.5, 0.6) is 0 Å². The van der Waals surface area contributed by atoms with Crippen LogP contribution in [0.4, 0.5) is 5.69 Å². The third-order valence-corrected chi connectivity index (χ3v) is 6.24. The number of anilines is 1. The SMILES string of the molecule is Cl.Cn1c(-c2ccccc2)c(C(=O)N2CCN(c3cccnc3)CC2)c2cc(Cl)ccc21. The lowest BCUT2D eigenvalue weighted by Crippen LogP contribution is -2.48. The molecule has 4 aromatic rings. The molecule has 2 aromatic heterocycles. The minimum atomic E-state index is 0. The third kappa shape index (κ3) is 3.94. The Morgan fingerprint density at radius 1 is 0.969 bits per heavy atom. The first-order valence-electron chi connectivity index (χ1n) is 10.4. The van der Waals surface area contributed by atoms with Crippen LogP contribution in [0.2, 0.25) is 5.02 Å². The van der Waals surface area contributed by atoms with Crippen LogP contribution < -0.4 is 4.90 Å². The zero-order valence-corrected chi connectivity index (χ0v) is 19.3. The van der Waals surface area contributed by atoms with Gasteiger partial charge in [0, 0.05) is 55.3 Å².